The van der Waals surface area contributed by atoms with Crippen LogP contribution in [0.2, 0.25) is 0 Å². The molecule has 11 rings (SSSR count). The monoisotopic (exact) mass is 1330 g/mol. The zero-order chi connectivity index (χ0) is 66.6. The van der Waals surface area contributed by atoms with Crippen LogP contribution in [0.15, 0.2) is 236 Å². The number of hydrogen-bond donors (Lipinski definition) is 0. The number of benzene rings is 6. The number of hydrogen-bond acceptors (Lipinski definition) is 14. The summed E-state index contributed by atoms with van der Waals surface area (Å²) in [6.45, 7) is 13.8. The molecule has 0 radical (unpaired) electrons. The van der Waals surface area contributed by atoms with Gasteiger partial charge in [0.2, 0.25) is 0 Å². The molecule has 0 amide bonds. The molecule has 6 aromatic carbocycles. The Balaban J connectivity index is 0.000000175. The molecule has 14 nitrogen and oxygen atoms in total. The summed E-state index contributed by atoms with van der Waals surface area (Å²) in [7, 11) is -12.1. The van der Waals surface area contributed by atoms with Gasteiger partial charge in [0.05, 0.1) is 27.7 Å². The van der Waals surface area contributed by atoms with Gasteiger partial charge in [-0.1, -0.05) is 143 Å². The Morgan fingerprint density at radius 1 is 0.560 bits per heavy atom. The van der Waals surface area contributed by atoms with Crippen molar-refractivity contribution in [3.8, 4) is 0 Å². The van der Waals surface area contributed by atoms with Gasteiger partial charge in [0.15, 0.2) is 56.2 Å². The maximum atomic E-state index is 13.7. The van der Waals surface area contributed by atoms with Gasteiger partial charge in [-0.3, -0.25) is 4.79 Å². The van der Waals surface area contributed by atoms with Crippen molar-refractivity contribution in [1.29, 1.82) is 0 Å². The van der Waals surface area contributed by atoms with E-state index in [9.17, 15) is 62.7 Å². The van der Waals surface area contributed by atoms with Crippen molar-refractivity contribution in [1.82, 2.24) is 0 Å². The van der Waals surface area contributed by atoms with Crippen molar-refractivity contribution < 1.29 is 81.6 Å². The molecule has 5 aliphatic rings. The van der Waals surface area contributed by atoms with Crippen LogP contribution in [-0.2, 0) is 80.2 Å². The van der Waals surface area contributed by atoms with Crippen LogP contribution in [0.25, 0.3) is 0 Å². The van der Waals surface area contributed by atoms with Crippen LogP contribution < -0.4 is 0 Å². The standard InChI is InChI=1S/C19H26F2O7S.2C18H15S.C14H20F2O7S/c1-10(2)15(22)27-18(11(3)4)13-5-12-6-14(18)9-17(7-12,8-13)28-16(23)19(20,21)29(24,25)26;2*1-4-10-16(11-5-1)19(17-12-6-2-7-13-17)18-14-8-3-9-15-18;1-4-13(23-11(17)9(2)3)6-5-10(7-13)12(18)22-8-14(15,16)24(19,20)21/h11-14H,1,5-9H2,2-4H3,(H,24,25,26);2*1-15H;10H,2,4-8H2,1,3H3,(H,19,20,21)/q;2*+1;/p-2. The van der Waals surface area contributed by atoms with Crippen LogP contribution in [0, 0.1) is 29.6 Å². The summed E-state index contributed by atoms with van der Waals surface area (Å²) in [4.78, 5) is 55.9. The first-order valence-corrected chi connectivity index (χ1v) is 34.8. The first-order valence-electron chi connectivity index (χ1n) is 29.5. The molecule has 0 aromatic heterocycles. The molecule has 0 N–H and O–H groups in total. The Kier molecular flexibility index (Phi) is 23.6. The van der Waals surface area contributed by atoms with Gasteiger partial charge in [-0.15, -0.1) is 0 Å². The topological polar surface area (TPSA) is 220 Å². The fourth-order valence-corrected chi connectivity index (χ4v) is 17.1. The Hall–Kier alpha value is -7.08. The second-order valence-electron chi connectivity index (χ2n) is 23.4. The van der Waals surface area contributed by atoms with E-state index in [4.69, 9.17) is 14.2 Å². The van der Waals surface area contributed by atoms with E-state index in [0.29, 0.717) is 32.1 Å². The fourth-order valence-electron chi connectivity index (χ4n) is 12.4. The molecule has 5 fully saturated rings. The predicted octanol–water partition coefficient (Wildman–Crippen LogP) is 14.1. The minimum atomic E-state index is -6.18. The summed E-state index contributed by atoms with van der Waals surface area (Å²) in [6, 6.07) is 64.3. The second kappa shape index (κ2) is 30.1. The minimum absolute atomic E-state index is 0.0146. The lowest BCUT2D eigenvalue weighted by Crippen LogP contribution is -2.68. The van der Waals surface area contributed by atoms with Crippen LogP contribution >= 0.6 is 0 Å². The number of rotatable bonds is 19. The minimum Gasteiger partial charge on any atom is -0.743 e. The van der Waals surface area contributed by atoms with Gasteiger partial charge in [-0.05, 0) is 150 Å². The van der Waals surface area contributed by atoms with Gasteiger partial charge in [0.1, 0.15) is 16.8 Å². The zero-order valence-electron chi connectivity index (χ0n) is 51.1. The van der Waals surface area contributed by atoms with E-state index in [1.807, 2.05) is 13.8 Å². The molecule has 4 unspecified atom stereocenters. The summed E-state index contributed by atoms with van der Waals surface area (Å²) in [5, 5.41) is -9.83. The Labute approximate surface area is 536 Å². The first kappa shape index (κ1) is 71.4. The number of halogens is 4. The van der Waals surface area contributed by atoms with Crippen molar-refractivity contribution in [3.63, 3.8) is 0 Å². The first-order chi connectivity index (χ1) is 42.9. The highest BCUT2D eigenvalue weighted by molar-refractivity contribution is 7.97. The predicted molar refractivity (Wildman–Crippen MR) is 335 cm³/mol. The van der Waals surface area contributed by atoms with E-state index in [-0.39, 0.29) is 82.3 Å². The molecular formula is C69H74F4O14S4. The molecule has 0 spiro atoms. The Morgan fingerprint density at radius 3 is 1.22 bits per heavy atom. The molecule has 4 atom stereocenters. The SMILES string of the molecule is C=C(C)C(=O)OC1(C(C)C)C2CC3CC1CC(OC(=O)C(F)(F)S(=O)(=O)[O-])(C3)C2.C=C(C)C(=O)OC1(CC)CCC(C(=O)OCC(F)(F)S(=O)(=O)[O-])C1.c1ccc([S+](c2ccccc2)c2ccccc2)cc1.c1ccc([S+](c2ccccc2)c2ccccc2)cc1. The normalized spacial score (nSPS) is 22.4. The maximum absolute atomic E-state index is 13.7. The van der Waals surface area contributed by atoms with Gasteiger partial charge in [-0.25, -0.2) is 31.2 Å². The second-order valence-corrected chi connectivity index (χ2v) is 30.4. The molecule has 6 aromatic rings. The highest BCUT2D eigenvalue weighted by atomic mass is 32.2. The molecule has 0 aliphatic heterocycles. The van der Waals surface area contributed by atoms with Crippen molar-refractivity contribution in [2.45, 2.75) is 149 Å². The van der Waals surface area contributed by atoms with Gasteiger partial charge in [0.25, 0.3) is 0 Å². The lowest BCUT2D eigenvalue weighted by Gasteiger charge is -2.64. The summed E-state index contributed by atoms with van der Waals surface area (Å²) in [5.74, 6) is -5.82. The number of esters is 4. The van der Waals surface area contributed by atoms with E-state index in [0.717, 1.165) is 0 Å². The van der Waals surface area contributed by atoms with E-state index < -0.39 is 84.0 Å². The molecule has 0 saturated heterocycles. The van der Waals surface area contributed by atoms with Crippen molar-refractivity contribution in [3.05, 3.63) is 206 Å². The summed E-state index contributed by atoms with van der Waals surface area (Å²) < 4.78 is 137. The Morgan fingerprint density at radius 2 is 0.912 bits per heavy atom. The van der Waals surface area contributed by atoms with Gasteiger partial charge >= 0.3 is 34.4 Å². The average Bonchev–Trinajstić information content (AvgIpc) is 1.06. The largest absolute Gasteiger partial charge is 0.743 e. The third kappa shape index (κ3) is 17.3. The summed E-state index contributed by atoms with van der Waals surface area (Å²) in [5.41, 5.74) is -2.60. The lowest BCUT2D eigenvalue weighted by molar-refractivity contribution is -0.263. The molecule has 5 saturated carbocycles. The molecule has 5 aliphatic carbocycles. The van der Waals surface area contributed by atoms with Crippen LogP contribution in [0.1, 0.15) is 92.4 Å². The maximum Gasteiger partial charge on any atom is 0.428 e. The molecular weight excluding hydrogens is 1260 g/mol. The zero-order valence-corrected chi connectivity index (χ0v) is 54.3. The lowest BCUT2D eigenvalue weighted by atomic mass is 9.46. The quantitative estimate of drug-likeness (QED) is 0.0184. The molecule has 0 heterocycles. The Bertz CT molecular complexity index is 3380. The summed E-state index contributed by atoms with van der Waals surface area (Å²) >= 11 is 0. The summed E-state index contributed by atoms with van der Waals surface area (Å²) in [6.07, 6.45) is 3.07. The van der Waals surface area contributed by atoms with Gasteiger partial charge < -0.3 is 28.1 Å². The molecule has 91 heavy (non-hydrogen) atoms. The smallest absolute Gasteiger partial charge is 0.428 e. The number of carbonyl (C=O) groups is 4. The average molecular weight is 1330 g/mol. The number of carbonyl (C=O) groups excluding carboxylic acids is 4. The third-order valence-electron chi connectivity index (χ3n) is 16.6. The van der Waals surface area contributed by atoms with Crippen molar-refractivity contribution in [2.75, 3.05) is 6.61 Å². The molecule has 486 valence electrons. The van der Waals surface area contributed by atoms with E-state index in [1.165, 1.54) is 36.3 Å². The van der Waals surface area contributed by atoms with Crippen LogP contribution in [0.5, 0.6) is 0 Å². The van der Waals surface area contributed by atoms with Gasteiger partial charge in [-0.2, -0.15) is 17.6 Å². The fraction of sp³-hybridized carbons (Fsp3) is 0.362. The van der Waals surface area contributed by atoms with E-state index >= 15 is 0 Å². The van der Waals surface area contributed by atoms with E-state index in [1.54, 1.807) is 13.8 Å². The highest BCUT2D eigenvalue weighted by Gasteiger charge is 2.67. The van der Waals surface area contributed by atoms with Crippen LogP contribution in [-0.4, -0.2) is 83.7 Å². The van der Waals surface area contributed by atoms with E-state index in [2.05, 4.69) is 200 Å². The van der Waals surface area contributed by atoms with Crippen LogP contribution in [0.3, 0.4) is 0 Å². The number of alkyl halides is 4. The molecule has 22 heteroatoms. The highest BCUT2D eigenvalue weighted by Crippen LogP contribution is 2.64. The van der Waals surface area contributed by atoms with Crippen molar-refractivity contribution in [2.24, 2.45) is 29.6 Å². The number of ether oxygens (including phenoxy) is 4. The van der Waals surface area contributed by atoms with Gasteiger partial charge in [0, 0.05) is 29.4 Å². The van der Waals surface area contributed by atoms with Crippen LogP contribution in [0.4, 0.5) is 17.6 Å². The third-order valence-corrected chi connectivity index (χ3v) is 22.7. The van der Waals surface area contributed by atoms with Crippen molar-refractivity contribution >= 4 is 65.9 Å². The molecule has 4 bridgehead atoms.